The van der Waals surface area contributed by atoms with Crippen molar-refractivity contribution in [3.05, 3.63) is 47.2 Å². The minimum Gasteiger partial charge on any atom is -0.496 e. The van der Waals surface area contributed by atoms with Crippen LogP contribution in [0.3, 0.4) is 0 Å². The molecule has 0 fully saturated rings. The molecule has 2 rings (SSSR count). The molecule has 0 unspecified atom stereocenters. The van der Waals surface area contributed by atoms with Crippen LogP contribution in [0.25, 0.3) is 11.3 Å². The van der Waals surface area contributed by atoms with Crippen molar-refractivity contribution in [2.24, 2.45) is 5.73 Å². The molecule has 100 valence electrons. The van der Waals surface area contributed by atoms with Crippen molar-refractivity contribution in [1.82, 2.24) is 4.98 Å². The summed E-state index contributed by atoms with van der Waals surface area (Å²) in [5.41, 5.74) is 8.32. The van der Waals surface area contributed by atoms with Crippen LogP contribution in [0.15, 0.2) is 30.3 Å². The molecule has 0 saturated carbocycles. The number of benzene rings is 1. The Hall–Kier alpha value is -2.80. The summed E-state index contributed by atoms with van der Waals surface area (Å²) < 4.78 is 5.27. The predicted molar refractivity (Wildman–Crippen MR) is 77.4 cm³/mol. The lowest BCUT2D eigenvalue weighted by atomic mass is 10.1. The first-order valence-corrected chi connectivity index (χ1v) is 5.99. The number of nitrogens with zero attached hydrogens (tertiary/aromatic N) is 1. The van der Waals surface area contributed by atoms with E-state index in [2.05, 4.69) is 10.9 Å². The third-order valence-electron chi connectivity index (χ3n) is 3.00. The zero-order valence-electron chi connectivity index (χ0n) is 11.3. The van der Waals surface area contributed by atoms with Gasteiger partial charge in [-0.05, 0) is 19.1 Å². The average molecular weight is 266 g/mol. The molecule has 1 aromatic carbocycles. The van der Waals surface area contributed by atoms with Crippen molar-refractivity contribution in [3.8, 4) is 29.4 Å². The van der Waals surface area contributed by atoms with Crippen molar-refractivity contribution in [1.29, 1.82) is 0 Å². The largest absolute Gasteiger partial charge is 0.496 e. The summed E-state index contributed by atoms with van der Waals surface area (Å²) in [5.74, 6) is 2.54. The summed E-state index contributed by atoms with van der Waals surface area (Å²) in [6, 6.07) is 9.11. The van der Waals surface area contributed by atoms with Crippen LogP contribution in [-0.4, -0.2) is 18.0 Å². The van der Waals surface area contributed by atoms with Gasteiger partial charge in [-0.2, -0.15) is 0 Å². The summed E-state index contributed by atoms with van der Waals surface area (Å²) in [6.45, 7) is 1.74. The second-order valence-corrected chi connectivity index (χ2v) is 4.27. The molecule has 0 saturated heterocycles. The van der Waals surface area contributed by atoms with Gasteiger partial charge < -0.3 is 10.5 Å². The second kappa shape index (κ2) is 5.45. The first kappa shape index (κ1) is 13.6. The number of primary amides is 1. The number of carbonyl (C=O) groups is 1. The van der Waals surface area contributed by atoms with E-state index in [9.17, 15) is 4.79 Å². The Morgan fingerprint density at radius 1 is 1.40 bits per heavy atom. The highest BCUT2D eigenvalue weighted by Gasteiger charge is 2.14. The molecule has 0 radical (unpaired) electrons. The van der Waals surface area contributed by atoms with Gasteiger partial charge in [-0.25, -0.2) is 4.98 Å². The number of rotatable bonds is 3. The number of carbonyl (C=O) groups excluding carboxylic acids is 1. The normalized spacial score (nSPS) is 9.85. The van der Waals surface area contributed by atoms with Crippen LogP contribution in [0.5, 0.6) is 5.75 Å². The standard InChI is InChI=1S/C16H14N2O2/c1-4-11-6-5-7-12(8-11)13-9-14(20-3)10(2)15(18-13)16(17)19/h1,5-9H,2-3H3,(H2,17,19). The van der Waals surface area contributed by atoms with E-state index in [1.165, 1.54) is 7.11 Å². The third kappa shape index (κ3) is 2.47. The van der Waals surface area contributed by atoms with Crippen LogP contribution < -0.4 is 10.5 Å². The first-order valence-electron chi connectivity index (χ1n) is 5.99. The fourth-order valence-corrected chi connectivity index (χ4v) is 1.95. The fraction of sp³-hybridized carbons (Fsp3) is 0.125. The van der Waals surface area contributed by atoms with E-state index >= 15 is 0 Å². The molecule has 2 aromatic rings. The van der Waals surface area contributed by atoms with Crippen molar-refractivity contribution < 1.29 is 9.53 Å². The van der Waals surface area contributed by atoms with Gasteiger partial charge in [-0.1, -0.05) is 18.1 Å². The molecule has 0 aliphatic heterocycles. The van der Waals surface area contributed by atoms with Gasteiger partial charge in [0.05, 0.1) is 12.8 Å². The van der Waals surface area contributed by atoms with E-state index in [-0.39, 0.29) is 5.69 Å². The molecule has 0 bridgehead atoms. The van der Waals surface area contributed by atoms with Crippen molar-refractivity contribution >= 4 is 5.91 Å². The van der Waals surface area contributed by atoms with Crippen LogP contribution in [0.2, 0.25) is 0 Å². The number of hydrogen-bond acceptors (Lipinski definition) is 3. The quantitative estimate of drug-likeness (QED) is 0.866. The number of pyridine rings is 1. The number of hydrogen-bond donors (Lipinski definition) is 1. The predicted octanol–water partition coefficient (Wildman–Crippen LogP) is 2.15. The van der Waals surface area contributed by atoms with E-state index in [0.717, 1.165) is 11.1 Å². The van der Waals surface area contributed by atoms with Crippen molar-refractivity contribution in [2.75, 3.05) is 7.11 Å². The smallest absolute Gasteiger partial charge is 0.267 e. The van der Waals surface area contributed by atoms with Gasteiger partial charge in [-0.3, -0.25) is 4.79 Å². The second-order valence-electron chi connectivity index (χ2n) is 4.27. The molecule has 1 amide bonds. The number of terminal acetylenes is 1. The van der Waals surface area contributed by atoms with E-state index in [0.29, 0.717) is 17.0 Å². The van der Waals surface area contributed by atoms with Gasteiger partial charge in [0, 0.05) is 22.8 Å². The third-order valence-corrected chi connectivity index (χ3v) is 3.00. The van der Waals surface area contributed by atoms with E-state index < -0.39 is 5.91 Å². The summed E-state index contributed by atoms with van der Waals surface area (Å²) in [4.78, 5) is 15.8. The SMILES string of the molecule is C#Cc1cccc(-c2cc(OC)c(C)c(C(N)=O)n2)c1. The maximum Gasteiger partial charge on any atom is 0.267 e. The minimum atomic E-state index is -0.587. The molecule has 1 aromatic heterocycles. The van der Waals surface area contributed by atoms with Gasteiger partial charge in [0.25, 0.3) is 5.91 Å². The summed E-state index contributed by atoms with van der Waals surface area (Å²) in [7, 11) is 1.54. The molecular weight excluding hydrogens is 252 g/mol. The zero-order valence-corrected chi connectivity index (χ0v) is 11.3. The monoisotopic (exact) mass is 266 g/mol. The molecule has 0 spiro atoms. The number of ether oxygens (including phenoxy) is 1. The molecular formula is C16H14N2O2. The van der Waals surface area contributed by atoms with Crippen LogP contribution in [-0.2, 0) is 0 Å². The lowest BCUT2D eigenvalue weighted by Gasteiger charge is -2.11. The Kier molecular flexibility index (Phi) is 3.72. The van der Waals surface area contributed by atoms with E-state index in [4.69, 9.17) is 16.9 Å². The van der Waals surface area contributed by atoms with Crippen molar-refractivity contribution in [2.45, 2.75) is 6.92 Å². The maximum atomic E-state index is 11.5. The molecule has 1 heterocycles. The van der Waals surface area contributed by atoms with Crippen LogP contribution >= 0.6 is 0 Å². The van der Waals surface area contributed by atoms with Crippen LogP contribution in [0, 0.1) is 19.3 Å². The van der Waals surface area contributed by atoms with E-state index in [1.54, 1.807) is 13.0 Å². The highest BCUT2D eigenvalue weighted by Crippen LogP contribution is 2.27. The summed E-state index contributed by atoms with van der Waals surface area (Å²) >= 11 is 0. The molecule has 2 N–H and O–H groups in total. The Morgan fingerprint density at radius 3 is 2.75 bits per heavy atom. The molecule has 0 atom stereocenters. The van der Waals surface area contributed by atoms with E-state index in [1.807, 2.05) is 24.3 Å². The first-order chi connectivity index (χ1) is 9.56. The number of nitrogens with two attached hydrogens (primary N) is 1. The highest BCUT2D eigenvalue weighted by molar-refractivity contribution is 5.93. The Labute approximate surface area is 117 Å². The van der Waals surface area contributed by atoms with Crippen LogP contribution in [0.1, 0.15) is 21.6 Å². The van der Waals surface area contributed by atoms with Gasteiger partial charge in [-0.15, -0.1) is 6.42 Å². The maximum absolute atomic E-state index is 11.5. The van der Waals surface area contributed by atoms with Crippen LogP contribution in [0.4, 0.5) is 0 Å². The lowest BCUT2D eigenvalue weighted by Crippen LogP contribution is -2.16. The summed E-state index contributed by atoms with van der Waals surface area (Å²) in [5, 5.41) is 0. The Morgan fingerprint density at radius 2 is 2.15 bits per heavy atom. The van der Waals surface area contributed by atoms with Gasteiger partial charge in [0.2, 0.25) is 0 Å². The topological polar surface area (TPSA) is 65.2 Å². The number of amides is 1. The molecule has 4 nitrogen and oxygen atoms in total. The highest BCUT2D eigenvalue weighted by atomic mass is 16.5. The fourth-order valence-electron chi connectivity index (χ4n) is 1.95. The van der Waals surface area contributed by atoms with Gasteiger partial charge >= 0.3 is 0 Å². The summed E-state index contributed by atoms with van der Waals surface area (Å²) in [6.07, 6.45) is 5.39. The van der Waals surface area contributed by atoms with Gasteiger partial charge in [0.15, 0.2) is 0 Å². The van der Waals surface area contributed by atoms with Gasteiger partial charge in [0.1, 0.15) is 11.4 Å². The number of aromatic nitrogens is 1. The Bertz CT molecular complexity index is 715. The zero-order chi connectivity index (χ0) is 14.7. The molecule has 4 heteroatoms. The Balaban J connectivity index is 2.65. The minimum absolute atomic E-state index is 0.200. The number of methoxy groups -OCH3 is 1. The molecule has 0 aliphatic carbocycles. The lowest BCUT2D eigenvalue weighted by molar-refractivity contribution is 0.0994. The average Bonchev–Trinajstić information content (AvgIpc) is 2.47. The molecule has 0 aliphatic rings. The molecule has 20 heavy (non-hydrogen) atoms. The van der Waals surface area contributed by atoms with Crippen molar-refractivity contribution in [3.63, 3.8) is 0 Å².